The summed E-state index contributed by atoms with van der Waals surface area (Å²) in [5.74, 6) is -0.501. The Hall–Kier alpha value is -2.56. The topological polar surface area (TPSA) is 152 Å². The lowest BCUT2D eigenvalue weighted by Crippen LogP contribution is -2.21. The lowest BCUT2D eigenvalue weighted by Gasteiger charge is -2.11. The highest BCUT2D eigenvalue weighted by Crippen LogP contribution is 2.28. The van der Waals surface area contributed by atoms with Crippen LogP contribution in [0.3, 0.4) is 0 Å². The van der Waals surface area contributed by atoms with Gasteiger partial charge in [0.15, 0.2) is 0 Å². The molecule has 11 heteroatoms. The molecule has 1 amide bonds. The van der Waals surface area contributed by atoms with Crippen LogP contribution in [0.4, 0.5) is 5.69 Å². The van der Waals surface area contributed by atoms with Crippen LogP contribution in [-0.2, 0) is 21.4 Å². The molecule has 0 saturated carbocycles. The van der Waals surface area contributed by atoms with Gasteiger partial charge in [0.2, 0.25) is 15.9 Å². The number of nitrogens with one attached hydrogen (secondary N) is 2. The minimum atomic E-state index is -4.11. The number of carboxylic acids is 1. The second-order valence-corrected chi connectivity index (χ2v) is 8.21. The molecule has 5 N–H and O–H groups in total. The molecule has 0 bridgehead atoms. The van der Waals surface area contributed by atoms with Crippen molar-refractivity contribution in [2.24, 2.45) is 5.14 Å². The molecule has 1 aromatic heterocycles. The van der Waals surface area contributed by atoms with Crippen molar-refractivity contribution in [1.82, 2.24) is 5.32 Å². The molecule has 158 valence electrons. The molecule has 2 heterocycles. The van der Waals surface area contributed by atoms with Crippen molar-refractivity contribution in [3.63, 3.8) is 0 Å². The van der Waals surface area contributed by atoms with Crippen LogP contribution < -0.4 is 15.8 Å². The quantitative estimate of drug-likeness (QED) is 0.554. The Morgan fingerprint density at radius 3 is 2.69 bits per heavy atom. The van der Waals surface area contributed by atoms with Crippen LogP contribution in [0.25, 0.3) is 0 Å². The molecule has 1 aliphatic heterocycles. The van der Waals surface area contributed by atoms with E-state index in [2.05, 4.69) is 10.6 Å². The van der Waals surface area contributed by atoms with Gasteiger partial charge in [-0.3, -0.25) is 4.79 Å². The predicted molar refractivity (Wildman–Crippen MR) is 107 cm³/mol. The molecule has 1 aliphatic rings. The first-order valence-corrected chi connectivity index (χ1v) is 10.7. The predicted octanol–water partition coefficient (Wildman–Crippen LogP) is 2.57. The summed E-state index contributed by atoms with van der Waals surface area (Å²) >= 11 is 5.84. The van der Waals surface area contributed by atoms with Crippen LogP contribution in [0.1, 0.15) is 41.8 Å². The van der Waals surface area contributed by atoms with Gasteiger partial charge in [0.25, 0.3) is 0 Å². The number of sulfonamides is 1. The highest BCUT2D eigenvalue weighted by atomic mass is 35.5. The largest absolute Gasteiger partial charge is 0.478 e. The molecule has 1 aromatic carbocycles. The molecule has 0 aliphatic carbocycles. The molecule has 29 heavy (non-hydrogen) atoms. The number of carboxylic acid groups (broad SMARTS) is 1. The molecule has 1 saturated heterocycles. The normalized spacial score (nSPS) is 14.2. The first-order chi connectivity index (χ1) is 13.7. The number of furan rings is 1. The van der Waals surface area contributed by atoms with Crippen LogP contribution in [-0.4, -0.2) is 31.9 Å². The summed E-state index contributed by atoms with van der Waals surface area (Å²) in [6.07, 6.45) is 5.66. The maximum atomic E-state index is 11.3. The Balaban J connectivity index is 0.000000313. The number of rotatable bonds is 5. The number of aromatic carboxylic acids is 1. The minimum absolute atomic E-state index is 0.163. The second-order valence-electron chi connectivity index (χ2n) is 6.27. The van der Waals surface area contributed by atoms with Gasteiger partial charge in [-0.05, 0) is 37.1 Å². The number of carbonyl (C=O) groups is 2. The average molecular weight is 444 g/mol. The Morgan fingerprint density at radius 2 is 2.07 bits per heavy atom. The van der Waals surface area contributed by atoms with E-state index >= 15 is 0 Å². The Bertz CT molecular complexity index is 950. The van der Waals surface area contributed by atoms with Crippen LogP contribution in [0.5, 0.6) is 0 Å². The number of carbonyl (C=O) groups excluding carboxylic acids is 1. The zero-order chi connectivity index (χ0) is 21.4. The van der Waals surface area contributed by atoms with Crippen molar-refractivity contribution in [2.75, 3.05) is 11.9 Å². The van der Waals surface area contributed by atoms with E-state index in [-0.39, 0.29) is 28.7 Å². The van der Waals surface area contributed by atoms with Gasteiger partial charge in [0, 0.05) is 13.0 Å². The van der Waals surface area contributed by atoms with E-state index in [0.717, 1.165) is 31.9 Å². The minimum Gasteiger partial charge on any atom is -0.478 e. The summed E-state index contributed by atoms with van der Waals surface area (Å²) < 4.78 is 27.8. The fourth-order valence-electron chi connectivity index (χ4n) is 2.59. The first-order valence-electron chi connectivity index (χ1n) is 8.81. The average Bonchev–Trinajstić information content (AvgIpc) is 3.05. The molecule has 3 rings (SSSR count). The maximum Gasteiger partial charge on any atom is 0.337 e. The lowest BCUT2D eigenvalue weighted by atomic mass is 10.1. The maximum absolute atomic E-state index is 11.3. The molecule has 9 nitrogen and oxygen atoms in total. The van der Waals surface area contributed by atoms with Crippen molar-refractivity contribution < 1.29 is 27.5 Å². The zero-order valence-corrected chi connectivity index (χ0v) is 17.1. The number of primary sulfonamides is 1. The summed E-state index contributed by atoms with van der Waals surface area (Å²) in [5.41, 5.74) is -0.0914. The third kappa shape index (κ3) is 7.08. The molecule has 0 spiro atoms. The van der Waals surface area contributed by atoms with E-state index in [4.69, 9.17) is 26.3 Å². The number of hydrogen-bond donors (Lipinski definition) is 4. The smallest absolute Gasteiger partial charge is 0.337 e. The van der Waals surface area contributed by atoms with Gasteiger partial charge in [-0.2, -0.15) is 0 Å². The monoisotopic (exact) mass is 443 g/mol. The fourth-order valence-corrected chi connectivity index (χ4v) is 3.69. The number of amides is 1. The zero-order valence-electron chi connectivity index (χ0n) is 15.5. The van der Waals surface area contributed by atoms with E-state index in [1.165, 1.54) is 18.8 Å². The van der Waals surface area contributed by atoms with E-state index in [0.29, 0.717) is 5.76 Å². The summed E-state index contributed by atoms with van der Waals surface area (Å²) in [7, 11) is -4.11. The lowest BCUT2D eigenvalue weighted by molar-refractivity contribution is -0.120. The van der Waals surface area contributed by atoms with Gasteiger partial charge in [-0.25, -0.2) is 18.4 Å². The van der Waals surface area contributed by atoms with E-state index in [1.54, 1.807) is 12.1 Å². The van der Waals surface area contributed by atoms with Crippen molar-refractivity contribution in [2.45, 2.75) is 37.1 Å². The Kier molecular flexibility index (Phi) is 8.06. The number of nitrogens with two attached hydrogens (primary N) is 1. The van der Waals surface area contributed by atoms with Gasteiger partial charge >= 0.3 is 5.97 Å². The van der Waals surface area contributed by atoms with Gasteiger partial charge < -0.3 is 20.2 Å². The van der Waals surface area contributed by atoms with Crippen molar-refractivity contribution in [1.29, 1.82) is 0 Å². The molecular formula is C18H22ClN3O6S. The molecule has 0 unspecified atom stereocenters. The van der Waals surface area contributed by atoms with Gasteiger partial charge in [0.05, 0.1) is 29.1 Å². The van der Waals surface area contributed by atoms with Crippen molar-refractivity contribution in [3.8, 4) is 0 Å². The molecule has 1 fully saturated rings. The van der Waals surface area contributed by atoms with E-state index in [1.807, 2.05) is 0 Å². The van der Waals surface area contributed by atoms with Gasteiger partial charge in [-0.15, -0.1) is 0 Å². The molecule has 0 radical (unpaired) electrons. The Labute approximate surface area is 173 Å². The van der Waals surface area contributed by atoms with Gasteiger partial charge in [0.1, 0.15) is 10.7 Å². The molecule has 2 aromatic rings. The van der Waals surface area contributed by atoms with Crippen molar-refractivity contribution >= 4 is 39.2 Å². The number of anilines is 1. The third-order valence-corrected chi connectivity index (χ3v) is 5.42. The summed E-state index contributed by atoms with van der Waals surface area (Å²) in [6.45, 7) is 1.11. The summed E-state index contributed by atoms with van der Waals surface area (Å²) in [6, 6.07) is 5.51. The molecular weight excluding hydrogens is 422 g/mol. The number of hydrogen-bond acceptors (Lipinski definition) is 6. The van der Waals surface area contributed by atoms with Crippen LogP contribution in [0, 0.1) is 0 Å². The van der Waals surface area contributed by atoms with Crippen molar-refractivity contribution in [3.05, 3.63) is 46.9 Å². The van der Waals surface area contributed by atoms with Crippen LogP contribution in [0.15, 0.2) is 39.8 Å². The highest BCUT2D eigenvalue weighted by Gasteiger charge is 2.20. The summed E-state index contributed by atoms with van der Waals surface area (Å²) in [5, 5.41) is 19.6. The highest BCUT2D eigenvalue weighted by molar-refractivity contribution is 7.89. The first kappa shape index (κ1) is 22.7. The van der Waals surface area contributed by atoms with Gasteiger partial charge in [-0.1, -0.05) is 18.0 Å². The third-order valence-electron chi connectivity index (χ3n) is 4.04. The number of halogens is 1. The standard InChI is InChI=1S/C12H11ClN2O5S.C6H11NO/c13-9-5-10(15-6-7-2-1-3-20-7)8(12(16)17)4-11(9)21(14,18)19;8-6-4-2-1-3-5-7-6/h1-5,15H,6H2,(H,16,17)(H2,14,18,19);1-5H2,(H,7,8). The van der Waals surface area contributed by atoms with E-state index in [9.17, 15) is 18.0 Å². The van der Waals surface area contributed by atoms with E-state index < -0.39 is 20.9 Å². The summed E-state index contributed by atoms with van der Waals surface area (Å²) in [4.78, 5) is 21.4. The molecule has 0 atom stereocenters. The SMILES string of the molecule is NS(=O)(=O)c1cc(C(=O)O)c(NCc2ccco2)cc1Cl.O=C1CCCCCN1. The van der Waals surface area contributed by atoms with Crippen LogP contribution in [0.2, 0.25) is 5.02 Å². The Morgan fingerprint density at radius 1 is 1.31 bits per heavy atom. The van der Waals surface area contributed by atoms with Crippen LogP contribution >= 0.6 is 11.6 Å². The number of benzene rings is 1. The fraction of sp³-hybridized carbons (Fsp3) is 0.333. The second kappa shape index (κ2) is 10.3.